The third kappa shape index (κ3) is 3.68. The summed E-state index contributed by atoms with van der Waals surface area (Å²) in [4.78, 5) is 6.74. The van der Waals surface area contributed by atoms with Gasteiger partial charge in [0.2, 0.25) is 0 Å². The van der Waals surface area contributed by atoms with E-state index in [1.54, 1.807) is 7.11 Å². The van der Waals surface area contributed by atoms with Crippen LogP contribution in [-0.2, 0) is 4.74 Å². The first-order valence-corrected chi connectivity index (χ1v) is 6.28. The maximum Gasteiger partial charge on any atom is 0.128 e. The Labute approximate surface area is 103 Å². The third-order valence-corrected chi connectivity index (χ3v) is 3.21. The van der Waals surface area contributed by atoms with Crippen molar-refractivity contribution in [1.82, 2.24) is 10.3 Å². The summed E-state index contributed by atoms with van der Waals surface area (Å²) in [5.74, 6) is 1.10. The number of methoxy groups -OCH3 is 1. The van der Waals surface area contributed by atoms with Crippen molar-refractivity contribution in [3.8, 4) is 0 Å². The fourth-order valence-corrected chi connectivity index (χ4v) is 2.22. The summed E-state index contributed by atoms with van der Waals surface area (Å²) in [6.45, 7) is 3.91. The number of piperidine rings is 1. The summed E-state index contributed by atoms with van der Waals surface area (Å²) in [6, 6.07) is 6.72. The van der Waals surface area contributed by atoms with E-state index in [1.165, 1.54) is 12.8 Å². The second kappa shape index (κ2) is 6.57. The summed E-state index contributed by atoms with van der Waals surface area (Å²) in [7, 11) is 1.74. The van der Waals surface area contributed by atoms with Crippen molar-refractivity contribution >= 4 is 5.82 Å². The maximum atomic E-state index is 5.04. The Morgan fingerprint density at radius 3 is 2.88 bits per heavy atom. The summed E-state index contributed by atoms with van der Waals surface area (Å²) in [5.41, 5.74) is 0. The molecule has 1 N–H and O–H groups in total. The van der Waals surface area contributed by atoms with Crippen LogP contribution in [0.4, 0.5) is 5.82 Å². The molecule has 17 heavy (non-hydrogen) atoms. The highest BCUT2D eigenvalue weighted by molar-refractivity contribution is 5.38. The van der Waals surface area contributed by atoms with Crippen LogP contribution in [0.5, 0.6) is 0 Å². The summed E-state index contributed by atoms with van der Waals surface area (Å²) >= 11 is 0. The van der Waals surface area contributed by atoms with Crippen LogP contribution in [0.2, 0.25) is 0 Å². The van der Waals surface area contributed by atoms with Crippen molar-refractivity contribution in [3.05, 3.63) is 24.4 Å². The van der Waals surface area contributed by atoms with Crippen LogP contribution in [0.15, 0.2) is 24.4 Å². The first kappa shape index (κ1) is 12.3. The zero-order valence-corrected chi connectivity index (χ0v) is 10.4. The lowest BCUT2D eigenvalue weighted by Gasteiger charge is -2.33. The quantitative estimate of drug-likeness (QED) is 0.780. The SMILES string of the molecule is COCCNC1CCN(c2ccccn2)CC1. The van der Waals surface area contributed by atoms with Gasteiger partial charge < -0.3 is 15.0 Å². The number of hydrogen-bond donors (Lipinski definition) is 1. The van der Waals surface area contributed by atoms with Crippen LogP contribution in [0, 0.1) is 0 Å². The molecule has 1 aliphatic rings. The smallest absolute Gasteiger partial charge is 0.128 e. The molecule has 2 heterocycles. The second-order valence-electron chi connectivity index (χ2n) is 4.40. The Balaban J connectivity index is 1.74. The molecule has 0 aromatic carbocycles. The van der Waals surface area contributed by atoms with E-state index in [-0.39, 0.29) is 0 Å². The molecule has 1 saturated heterocycles. The Bertz CT molecular complexity index is 310. The normalized spacial score (nSPS) is 17.4. The van der Waals surface area contributed by atoms with Crippen LogP contribution in [0.25, 0.3) is 0 Å². The Kier molecular flexibility index (Phi) is 4.76. The highest BCUT2D eigenvalue weighted by atomic mass is 16.5. The highest BCUT2D eigenvalue weighted by Crippen LogP contribution is 2.16. The van der Waals surface area contributed by atoms with Gasteiger partial charge >= 0.3 is 0 Å². The van der Waals surface area contributed by atoms with Gasteiger partial charge in [-0.15, -0.1) is 0 Å². The summed E-state index contributed by atoms with van der Waals surface area (Å²) in [6.07, 6.45) is 4.22. The van der Waals surface area contributed by atoms with Gasteiger partial charge in [0.05, 0.1) is 6.61 Å². The highest BCUT2D eigenvalue weighted by Gasteiger charge is 2.19. The van der Waals surface area contributed by atoms with E-state index < -0.39 is 0 Å². The van der Waals surface area contributed by atoms with Crippen LogP contribution in [0.3, 0.4) is 0 Å². The fraction of sp³-hybridized carbons (Fsp3) is 0.615. The lowest BCUT2D eigenvalue weighted by Crippen LogP contribution is -2.43. The van der Waals surface area contributed by atoms with E-state index in [9.17, 15) is 0 Å². The minimum Gasteiger partial charge on any atom is -0.383 e. The van der Waals surface area contributed by atoms with Crippen LogP contribution < -0.4 is 10.2 Å². The van der Waals surface area contributed by atoms with Gasteiger partial charge in [0.15, 0.2) is 0 Å². The molecular weight excluding hydrogens is 214 g/mol. The van der Waals surface area contributed by atoms with Crippen molar-refractivity contribution < 1.29 is 4.74 Å². The number of rotatable bonds is 5. The van der Waals surface area contributed by atoms with Gasteiger partial charge in [-0.1, -0.05) is 6.07 Å². The monoisotopic (exact) mass is 235 g/mol. The molecule has 0 spiro atoms. The van der Waals surface area contributed by atoms with E-state index in [0.717, 1.165) is 32.1 Å². The average Bonchev–Trinajstić information content (AvgIpc) is 2.41. The molecule has 0 bridgehead atoms. The number of nitrogens with zero attached hydrogens (tertiary/aromatic N) is 2. The van der Waals surface area contributed by atoms with Gasteiger partial charge in [-0.2, -0.15) is 0 Å². The van der Waals surface area contributed by atoms with Gasteiger partial charge in [0, 0.05) is 39.0 Å². The molecule has 0 amide bonds. The zero-order valence-electron chi connectivity index (χ0n) is 10.4. The molecule has 94 valence electrons. The molecule has 0 radical (unpaired) electrons. The minimum absolute atomic E-state index is 0.630. The second-order valence-corrected chi connectivity index (χ2v) is 4.40. The largest absolute Gasteiger partial charge is 0.383 e. The van der Waals surface area contributed by atoms with Gasteiger partial charge in [-0.05, 0) is 25.0 Å². The topological polar surface area (TPSA) is 37.4 Å². The van der Waals surface area contributed by atoms with Crippen molar-refractivity contribution in [1.29, 1.82) is 0 Å². The number of nitrogens with one attached hydrogen (secondary N) is 1. The van der Waals surface area contributed by atoms with E-state index in [1.807, 2.05) is 18.3 Å². The van der Waals surface area contributed by atoms with E-state index in [2.05, 4.69) is 21.3 Å². The summed E-state index contributed by atoms with van der Waals surface area (Å²) in [5, 5.41) is 3.52. The average molecular weight is 235 g/mol. The molecule has 1 aromatic heterocycles. The first-order valence-electron chi connectivity index (χ1n) is 6.28. The van der Waals surface area contributed by atoms with Crippen molar-refractivity contribution in [2.24, 2.45) is 0 Å². The molecule has 4 nitrogen and oxygen atoms in total. The van der Waals surface area contributed by atoms with E-state index >= 15 is 0 Å². The number of pyridine rings is 1. The molecule has 1 aromatic rings. The molecule has 0 saturated carbocycles. The first-order chi connectivity index (χ1) is 8.40. The third-order valence-electron chi connectivity index (χ3n) is 3.21. The number of ether oxygens (including phenoxy) is 1. The maximum absolute atomic E-state index is 5.04. The molecular formula is C13H21N3O. The minimum atomic E-state index is 0.630. The predicted molar refractivity (Wildman–Crippen MR) is 69.4 cm³/mol. The number of aromatic nitrogens is 1. The van der Waals surface area contributed by atoms with Gasteiger partial charge in [0.1, 0.15) is 5.82 Å². The van der Waals surface area contributed by atoms with Crippen LogP contribution in [0.1, 0.15) is 12.8 Å². The standard InChI is InChI=1S/C13H21N3O/c1-17-11-8-14-12-5-9-16(10-6-12)13-4-2-3-7-15-13/h2-4,7,12,14H,5-6,8-11H2,1H3. The zero-order chi connectivity index (χ0) is 11.9. The van der Waals surface area contributed by atoms with E-state index in [4.69, 9.17) is 4.74 Å². The predicted octanol–water partition coefficient (Wildman–Crippen LogP) is 1.29. The van der Waals surface area contributed by atoms with Gasteiger partial charge in [-0.25, -0.2) is 4.98 Å². The molecule has 1 fully saturated rings. The van der Waals surface area contributed by atoms with Crippen LogP contribution >= 0.6 is 0 Å². The van der Waals surface area contributed by atoms with Crippen molar-refractivity contribution in [3.63, 3.8) is 0 Å². The molecule has 0 atom stereocenters. The van der Waals surface area contributed by atoms with Crippen molar-refractivity contribution in [2.75, 3.05) is 38.3 Å². The molecule has 4 heteroatoms. The lowest BCUT2D eigenvalue weighted by molar-refractivity contribution is 0.193. The van der Waals surface area contributed by atoms with Gasteiger partial charge in [-0.3, -0.25) is 0 Å². The Morgan fingerprint density at radius 1 is 1.41 bits per heavy atom. The molecule has 2 rings (SSSR count). The molecule has 1 aliphatic heterocycles. The number of anilines is 1. The molecule has 0 unspecified atom stereocenters. The number of hydrogen-bond acceptors (Lipinski definition) is 4. The summed E-state index contributed by atoms with van der Waals surface area (Å²) < 4.78 is 5.04. The Morgan fingerprint density at radius 2 is 2.24 bits per heavy atom. The van der Waals surface area contributed by atoms with Gasteiger partial charge in [0.25, 0.3) is 0 Å². The fourth-order valence-electron chi connectivity index (χ4n) is 2.22. The molecule has 0 aliphatic carbocycles. The Hall–Kier alpha value is -1.13. The lowest BCUT2D eigenvalue weighted by atomic mass is 10.1. The van der Waals surface area contributed by atoms with Crippen molar-refractivity contribution in [2.45, 2.75) is 18.9 Å². The van der Waals surface area contributed by atoms with Crippen LogP contribution in [-0.4, -0.2) is 44.4 Å². The van der Waals surface area contributed by atoms with E-state index in [0.29, 0.717) is 6.04 Å².